The lowest BCUT2D eigenvalue weighted by Crippen LogP contribution is -2.12. The summed E-state index contributed by atoms with van der Waals surface area (Å²) in [6.45, 7) is 1.75. The summed E-state index contributed by atoms with van der Waals surface area (Å²) >= 11 is 0. The van der Waals surface area contributed by atoms with Crippen molar-refractivity contribution in [3.8, 4) is 11.4 Å². The van der Waals surface area contributed by atoms with E-state index in [2.05, 4.69) is 15.2 Å². The first-order valence-electron chi connectivity index (χ1n) is 6.89. The molecule has 2 aromatic heterocycles. The number of Topliss-reactive ketones (excluding diaryl/α,β-unsaturated/α-hetero) is 1. The van der Waals surface area contributed by atoms with Crippen LogP contribution in [0.2, 0.25) is 0 Å². The van der Waals surface area contributed by atoms with Gasteiger partial charge >= 0.3 is 0 Å². The SMILES string of the molecule is Cc1nc(-c2ccc(C3=Cn4nccc4C(=O)C3)cc2)no1. The van der Waals surface area contributed by atoms with Crippen LogP contribution in [-0.4, -0.2) is 25.7 Å². The van der Waals surface area contributed by atoms with Gasteiger partial charge in [0.25, 0.3) is 0 Å². The van der Waals surface area contributed by atoms with Crippen LogP contribution in [0, 0.1) is 6.92 Å². The van der Waals surface area contributed by atoms with E-state index in [1.165, 1.54) is 0 Å². The summed E-state index contributed by atoms with van der Waals surface area (Å²) in [6, 6.07) is 9.48. The van der Waals surface area contributed by atoms with Gasteiger partial charge in [0.15, 0.2) is 5.78 Å². The molecule has 1 aliphatic heterocycles. The summed E-state index contributed by atoms with van der Waals surface area (Å²) in [5.41, 5.74) is 3.43. The van der Waals surface area contributed by atoms with Crippen molar-refractivity contribution >= 4 is 17.6 Å². The maximum absolute atomic E-state index is 12.1. The van der Waals surface area contributed by atoms with E-state index in [4.69, 9.17) is 4.52 Å². The molecular formula is C16H12N4O2. The van der Waals surface area contributed by atoms with E-state index in [0.717, 1.165) is 16.7 Å². The van der Waals surface area contributed by atoms with E-state index >= 15 is 0 Å². The van der Waals surface area contributed by atoms with Crippen molar-refractivity contribution in [3.05, 3.63) is 53.7 Å². The molecular weight excluding hydrogens is 280 g/mol. The van der Waals surface area contributed by atoms with E-state index in [1.807, 2.05) is 30.5 Å². The van der Waals surface area contributed by atoms with Crippen molar-refractivity contribution < 1.29 is 9.32 Å². The Hall–Kier alpha value is -3.02. The monoisotopic (exact) mass is 292 g/mol. The Kier molecular flexibility index (Phi) is 2.75. The van der Waals surface area contributed by atoms with Crippen LogP contribution in [0.15, 0.2) is 41.1 Å². The molecule has 0 bridgehead atoms. The molecule has 0 unspecified atom stereocenters. The van der Waals surface area contributed by atoms with Crippen molar-refractivity contribution in [1.29, 1.82) is 0 Å². The van der Waals surface area contributed by atoms with Gasteiger partial charge in [-0.25, -0.2) is 4.68 Å². The Bertz CT molecular complexity index is 887. The van der Waals surface area contributed by atoms with Crippen LogP contribution in [0.1, 0.15) is 28.4 Å². The molecule has 0 saturated heterocycles. The minimum atomic E-state index is 0.0767. The van der Waals surface area contributed by atoms with Crippen LogP contribution < -0.4 is 0 Å². The number of carbonyl (C=O) groups excluding carboxylic acids is 1. The van der Waals surface area contributed by atoms with Crippen LogP contribution in [0.3, 0.4) is 0 Å². The number of carbonyl (C=O) groups is 1. The second-order valence-corrected chi connectivity index (χ2v) is 5.13. The molecule has 108 valence electrons. The van der Waals surface area contributed by atoms with E-state index in [0.29, 0.717) is 23.8 Å². The van der Waals surface area contributed by atoms with Gasteiger partial charge in [-0.05, 0) is 17.2 Å². The third-order valence-electron chi connectivity index (χ3n) is 3.63. The summed E-state index contributed by atoms with van der Waals surface area (Å²) in [4.78, 5) is 16.3. The van der Waals surface area contributed by atoms with Crippen LogP contribution in [0.25, 0.3) is 23.2 Å². The molecule has 6 heteroatoms. The van der Waals surface area contributed by atoms with Crippen molar-refractivity contribution in [2.75, 3.05) is 0 Å². The number of aryl methyl sites for hydroxylation is 1. The fourth-order valence-corrected chi connectivity index (χ4v) is 2.52. The maximum Gasteiger partial charge on any atom is 0.223 e. The fourth-order valence-electron chi connectivity index (χ4n) is 2.52. The second kappa shape index (κ2) is 4.77. The molecule has 3 aromatic rings. The van der Waals surface area contributed by atoms with E-state index in [9.17, 15) is 4.79 Å². The maximum atomic E-state index is 12.1. The minimum Gasteiger partial charge on any atom is -0.339 e. The first-order valence-corrected chi connectivity index (χ1v) is 6.89. The Morgan fingerprint density at radius 2 is 1.91 bits per heavy atom. The van der Waals surface area contributed by atoms with E-state index in [-0.39, 0.29) is 5.78 Å². The van der Waals surface area contributed by atoms with Gasteiger partial charge < -0.3 is 4.52 Å². The third-order valence-corrected chi connectivity index (χ3v) is 3.63. The molecule has 0 spiro atoms. The molecule has 0 amide bonds. The van der Waals surface area contributed by atoms with Gasteiger partial charge in [0.2, 0.25) is 11.7 Å². The number of hydrogen-bond donors (Lipinski definition) is 0. The highest BCUT2D eigenvalue weighted by Crippen LogP contribution is 2.27. The summed E-state index contributed by atoms with van der Waals surface area (Å²) in [7, 11) is 0. The predicted octanol–water partition coefficient (Wildman–Crippen LogP) is 2.83. The molecule has 1 aliphatic rings. The zero-order valence-corrected chi connectivity index (χ0v) is 11.9. The summed E-state index contributed by atoms with van der Waals surface area (Å²) in [5, 5.41) is 8.03. The zero-order valence-electron chi connectivity index (χ0n) is 11.9. The van der Waals surface area contributed by atoms with Gasteiger partial charge in [-0.2, -0.15) is 10.1 Å². The number of allylic oxidation sites excluding steroid dienone is 1. The van der Waals surface area contributed by atoms with Crippen LogP contribution in [0.4, 0.5) is 0 Å². The molecule has 22 heavy (non-hydrogen) atoms. The summed E-state index contributed by atoms with van der Waals surface area (Å²) in [6.07, 6.45) is 3.91. The van der Waals surface area contributed by atoms with Gasteiger partial charge in [0.05, 0.1) is 6.20 Å². The lowest BCUT2D eigenvalue weighted by Gasteiger charge is -2.14. The smallest absolute Gasteiger partial charge is 0.223 e. The molecule has 0 aliphatic carbocycles. The number of ketones is 1. The number of aromatic nitrogens is 4. The van der Waals surface area contributed by atoms with Crippen molar-refractivity contribution in [1.82, 2.24) is 19.9 Å². The largest absolute Gasteiger partial charge is 0.339 e. The first kappa shape index (κ1) is 12.7. The standard InChI is InChI=1S/C16H12N4O2/c1-10-18-16(19-22-10)12-4-2-11(3-5-12)13-8-15(21)14-6-7-17-20(14)9-13/h2-7,9H,8H2,1H3. The number of fused-ring (bicyclic) bond motifs is 1. The Morgan fingerprint density at radius 3 is 2.64 bits per heavy atom. The second-order valence-electron chi connectivity index (χ2n) is 5.13. The van der Waals surface area contributed by atoms with Gasteiger partial charge in [0, 0.05) is 25.1 Å². The molecule has 1 aromatic carbocycles. The molecule has 6 nitrogen and oxygen atoms in total. The van der Waals surface area contributed by atoms with Crippen LogP contribution >= 0.6 is 0 Å². The molecule has 0 fully saturated rings. The lowest BCUT2D eigenvalue weighted by molar-refractivity contribution is 0.0989. The molecule has 0 saturated carbocycles. The van der Waals surface area contributed by atoms with Crippen LogP contribution in [0.5, 0.6) is 0 Å². The predicted molar refractivity (Wildman–Crippen MR) is 79.8 cm³/mol. The molecule has 0 radical (unpaired) electrons. The van der Waals surface area contributed by atoms with Crippen molar-refractivity contribution in [2.24, 2.45) is 0 Å². The number of rotatable bonds is 2. The molecule has 3 heterocycles. The summed E-state index contributed by atoms with van der Waals surface area (Å²) < 4.78 is 6.60. The van der Waals surface area contributed by atoms with E-state index in [1.54, 1.807) is 23.9 Å². The summed E-state index contributed by atoms with van der Waals surface area (Å²) in [5.74, 6) is 1.17. The Labute approximate surface area is 126 Å². The fraction of sp³-hybridized carbons (Fsp3) is 0.125. The minimum absolute atomic E-state index is 0.0767. The molecule has 0 N–H and O–H groups in total. The molecule has 0 atom stereocenters. The van der Waals surface area contributed by atoms with Gasteiger partial charge in [-0.15, -0.1) is 0 Å². The highest BCUT2D eigenvalue weighted by Gasteiger charge is 2.20. The van der Waals surface area contributed by atoms with Crippen molar-refractivity contribution in [2.45, 2.75) is 13.3 Å². The first-order chi connectivity index (χ1) is 10.7. The van der Waals surface area contributed by atoms with Gasteiger partial charge in [-0.1, -0.05) is 29.4 Å². The van der Waals surface area contributed by atoms with Crippen LogP contribution in [-0.2, 0) is 0 Å². The third kappa shape index (κ3) is 2.05. The normalized spacial score (nSPS) is 13.9. The van der Waals surface area contributed by atoms with Crippen molar-refractivity contribution in [3.63, 3.8) is 0 Å². The molecule has 4 rings (SSSR count). The highest BCUT2D eigenvalue weighted by atomic mass is 16.5. The highest BCUT2D eigenvalue weighted by molar-refractivity contribution is 6.05. The number of hydrogen-bond acceptors (Lipinski definition) is 5. The zero-order chi connectivity index (χ0) is 15.1. The number of benzene rings is 1. The van der Waals surface area contributed by atoms with Gasteiger partial charge in [-0.3, -0.25) is 4.79 Å². The van der Waals surface area contributed by atoms with Gasteiger partial charge in [0.1, 0.15) is 5.69 Å². The quantitative estimate of drug-likeness (QED) is 0.726. The topological polar surface area (TPSA) is 73.8 Å². The Morgan fingerprint density at radius 1 is 1.14 bits per heavy atom. The average Bonchev–Trinajstić information content (AvgIpc) is 3.16. The Balaban J connectivity index is 1.68. The van der Waals surface area contributed by atoms with E-state index < -0.39 is 0 Å². The average molecular weight is 292 g/mol. The number of nitrogens with zero attached hydrogens (tertiary/aromatic N) is 4. The lowest BCUT2D eigenvalue weighted by atomic mass is 9.97.